The number of rotatable bonds is 3. The van der Waals surface area contributed by atoms with E-state index in [0.29, 0.717) is 11.4 Å². The van der Waals surface area contributed by atoms with Crippen molar-refractivity contribution in [2.75, 3.05) is 0 Å². The summed E-state index contributed by atoms with van der Waals surface area (Å²) in [5.74, 6) is 0.767. The normalized spacial score (nSPS) is 12.7. The molecule has 2 rings (SSSR count). The summed E-state index contributed by atoms with van der Waals surface area (Å²) in [6.07, 6.45) is 7.41. The van der Waals surface area contributed by atoms with E-state index in [1.807, 2.05) is 6.07 Å². The Balaban J connectivity index is 2.13. The van der Waals surface area contributed by atoms with Crippen LogP contribution in [0, 0.1) is 0 Å². The maximum Gasteiger partial charge on any atom is 0.123 e. The van der Waals surface area contributed by atoms with E-state index in [0.717, 1.165) is 11.4 Å². The second kappa shape index (κ2) is 4.42. The van der Waals surface area contributed by atoms with Crippen molar-refractivity contribution in [1.29, 1.82) is 0 Å². The van der Waals surface area contributed by atoms with Gasteiger partial charge < -0.3 is 10.7 Å². The van der Waals surface area contributed by atoms with E-state index >= 15 is 0 Å². The largest absolute Gasteiger partial charge is 0.347 e. The molecular formula is C10H11ClN4. The molecule has 78 valence electrons. The van der Waals surface area contributed by atoms with Gasteiger partial charge in [-0.1, -0.05) is 11.6 Å². The van der Waals surface area contributed by atoms with Gasteiger partial charge in [-0.05, 0) is 18.1 Å². The molecule has 15 heavy (non-hydrogen) atoms. The Hall–Kier alpha value is -1.39. The molecule has 2 heterocycles. The summed E-state index contributed by atoms with van der Waals surface area (Å²) >= 11 is 5.98. The van der Waals surface area contributed by atoms with Crippen LogP contribution in [0.3, 0.4) is 0 Å². The number of halogens is 1. The Kier molecular flexibility index (Phi) is 2.99. The first-order chi connectivity index (χ1) is 7.27. The minimum Gasteiger partial charge on any atom is -0.347 e. The van der Waals surface area contributed by atoms with Crippen molar-refractivity contribution in [3.8, 4) is 0 Å². The highest BCUT2D eigenvalue weighted by atomic mass is 35.5. The molecule has 0 aliphatic rings. The van der Waals surface area contributed by atoms with Crippen molar-refractivity contribution in [2.45, 2.75) is 12.5 Å². The molecule has 2 aromatic rings. The minimum absolute atomic E-state index is 0.167. The Bertz CT molecular complexity index is 427. The fourth-order valence-electron chi connectivity index (χ4n) is 1.38. The molecule has 1 atom stereocenters. The van der Waals surface area contributed by atoms with Gasteiger partial charge in [0.1, 0.15) is 5.82 Å². The molecule has 0 radical (unpaired) electrons. The van der Waals surface area contributed by atoms with Crippen molar-refractivity contribution in [3.63, 3.8) is 0 Å². The average molecular weight is 223 g/mol. The molecule has 0 aliphatic carbocycles. The number of pyridine rings is 1. The van der Waals surface area contributed by atoms with Crippen LogP contribution in [0.5, 0.6) is 0 Å². The third-order valence-electron chi connectivity index (χ3n) is 2.17. The lowest BCUT2D eigenvalue weighted by atomic mass is 10.1. The van der Waals surface area contributed by atoms with Gasteiger partial charge in [0.15, 0.2) is 0 Å². The highest BCUT2D eigenvalue weighted by Crippen LogP contribution is 2.19. The van der Waals surface area contributed by atoms with Crippen LogP contribution in [0.1, 0.15) is 17.4 Å². The van der Waals surface area contributed by atoms with E-state index in [4.69, 9.17) is 17.3 Å². The molecule has 0 fully saturated rings. The summed E-state index contributed by atoms with van der Waals surface area (Å²) in [7, 11) is 0. The first-order valence-corrected chi connectivity index (χ1v) is 4.98. The Morgan fingerprint density at radius 3 is 3.00 bits per heavy atom. The number of hydrogen-bond acceptors (Lipinski definition) is 3. The molecule has 0 aromatic carbocycles. The first kappa shape index (κ1) is 10.1. The lowest BCUT2D eigenvalue weighted by Gasteiger charge is -2.09. The van der Waals surface area contributed by atoms with Gasteiger partial charge in [-0.15, -0.1) is 0 Å². The third-order valence-corrected chi connectivity index (χ3v) is 2.51. The number of hydrogen-bond donors (Lipinski definition) is 2. The predicted octanol–water partition coefficient (Wildman–Crippen LogP) is 1.70. The van der Waals surface area contributed by atoms with Gasteiger partial charge in [0, 0.05) is 24.8 Å². The predicted molar refractivity (Wildman–Crippen MR) is 58.5 cm³/mol. The van der Waals surface area contributed by atoms with Gasteiger partial charge in [-0.3, -0.25) is 4.98 Å². The molecule has 3 N–H and O–H groups in total. The van der Waals surface area contributed by atoms with Crippen molar-refractivity contribution in [1.82, 2.24) is 15.0 Å². The van der Waals surface area contributed by atoms with Crippen LogP contribution in [0.4, 0.5) is 0 Å². The van der Waals surface area contributed by atoms with E-state index in [2.05, 4.69) is 15.0 Å². The molecule has 0 bridgehead atoms. The second-order valence-corrected chi connectivity index (χ2v) is 3.66. The zero-order valence-corrected chi connectivity index (χ0v) is 8.78. The van der Waals surface area contributed by atoms with E-state index in [1.165, 1.54) is 0 Å². The van der Waals surface area contributed by atoms with Crippen LogP contribution in [0.2, 0.25) is 5.02 Å². The van der Waals surface area contributed by atoms with Gasteiger partial charge in [0.2, 0.25) is 0 Å². The van der Waals surface area contributed by atoms with Gasteiger partial charge in [0.05, 0.1) is 11.1 Å². The van der Waals surface area contributed by atoms with Crippen molar-refractivity contribution in [2.24, 2.45) is 5.73 Å². The molecule has 5 heteroatoms. The zero-order chi connectivity index (χ0) is 10.7. The van der Waals surface area contributed by atoms with Crippen molar-refractivity contribution >= 4 is 11.6 Å². The fourth-order valence-corrected chi connectivity index (χ4v) is 1.58. The van der Waals surface area contributed by atoms with E-state index in [-0.39, 0.29) is 6.04 Å². The number of nitrogens with zero attached hydrogens (tertiary/aromatic N) is 2. The van der Waals surface area contributed by atoms with Gasteiger partial charge in [-0.25, -0.2) is 4.98 Å². The lowest BCUT2D eigenvalue weighted by molar-refractivity contribution is 0.677. The monoisotopic (exact) mass is 222 g/mol. The number of H-pyrrole nitrogens is 1. The topological polar surface area (TPSA) is 67.6 Å². The standard InChI is InChI=1S/C10H11ClN4/c11-8-6-13-2-1-7(8)5-9(12)10-14-3-4-15-10/h1-4,6,9H,5,12H2,(H,14,15). The summed E-state index contributed by atoms with van der Waals surface area (Å²) in [5, 5.41) is 0.638. The molecule has 0 amide bonds. The summed E-state index contributed by atoms with van der Waals surface area (Å²) in [4.78, 5) is 11.0. The second-order valence-electron chi connectivity index (χ2n) is 3.25. The third kappa shape index (κ3) is 2.34. The van der Waals surface area contributed by atoms with Crippen LogP contribution >= 0.6 is 11.6 Å². The summed E-state index contributed by atoms with van der Waals surface area (Å²) in [5.41, 5.74) is 6.95. The van der Waals surface area contributed by atoms with Crippen LogP contribution < -0.4 is 5.73 Å². The lowest BCUT2D eigenvalue weighted by Crippen LogP contribution is -2.15. The maximum atomic E-state index is 5.98. The molecule has 1 unspecified atom stereocenters. The van der Waals surface area contributed by atoms with Crippen molar-refractivity contribution in [3.05, 3.63) is 47.3 Å². The molecule has 4 nitrogen and oxygen atoms in total. The average Bonchev–Trinajstić information content (AvgIpc) is 2.74. The van der Waals surface area contributed by atoms with Crippen molar-refractivity contribution < 1.29 is 0 Å². The number of nitrogens with two attached hydrogens (primary N) is 1. The number of nitrogens with one attached hydrogen (secondary N) is 1. The van der Waals surface area contributed by atoms with E-state index in [1.54, 1.807) is 24.8 Å². The molecule has 0 saturated heterocycles. The Morgan fingerprint density at radius 2 is 2.33 bits per heavy atom. The van der Waals surface area contributed by atoms with Crippen LogP contribution in [-0.2, 0) is 6.42 Å². The summed E-state index contributed by atoms with van der Waals surface area (Å²) in [6.45, 7) is 0. The minimum atomic E-state index is -0.167. The smallest absolute Gasteiger partial charge is 0.123 e. The zero-order valence-electron chi connectivity index (χ0n) is 8.02. The number of aromatic nitrogens is 3. The highest BCUT2D eigenvalue weighted by molar-refractivity contribution is 6.31. The molecule has 0 spiro atoms. The molecule has 0 aliphatic heterocycles. The highest BCUT2D eigenvalue weighted by Gasteiger charge is 2.10. The first-order valence-electron chi connectivity index (χ1n) is 4.60. The number of aromatic amines is 1. The Labute approximate surface area is 92.5 Å². The van der Waals surface area contributed by atoms with Gasteiger partial charge in [0.25, 0.3) is 0 Å². The number of imidazole rings is 1. The van der Waals surface area contributed by atoms with Crippen LogP contribution in [0.25, 0.3) is 0 Å². The van der Waals surface area contributed by atoms with Gasteiger partial charge >= 0.3 is 0 Å². The summed E-state index contributed by atoms with van der Waals surface area (Å²) < 4.78 is 0. The van der Waals surface area contributed by atoms with Crippen LogP contribution in [-0.4, -0.2) is 15.0 Å². The fraction of sp³-hybridized carbons (Fsp3) is 0.200. The van der Waals surface area contributed by atoms with E-state index < -0.39 is 0 Å². The molecule has 0 saturated carbocycles. The Morgan fingerprint density at radius 1 is 1.47 bits per heavy atom. The quantitative estimate of drug-likeness (QED) is 0.831. The van der Waals surface area contributed by atoms with E-state index in [9.17, 15) is 0 Å². The van der Waals surface area contributed by atoms with Crippen LogP contribution in [0.15, 0.2) is 30.9 Å². The SMILES string of the molecule is NC(Cc1ccncc1Cl)c1ncc[nH]1. The van der Waals surface area contributed by atoms with Gasteiger partial charge in [-0.2, -0.15) is 0 Å². The molecule has 2 aromatic heterocycles. The summed E-state index contributed by atoms with van der Waals surface area (Å²) in [6, 6.07) is 1.70. The maximum absolute atomic E-state index is 5.98. The molecular weight excluding hydrogens is 212 g/mol.